The second-order valence-corrected chi connectivity index (χ2v) is 5.50. The van der Waals surface area contributed by atoms with Crippen LogP contribution in [0.3, 0.4) is 0 Å². The molecule has 5 nitrogen and oxygen atoms in total. The molecule has 0 aliphatic carbocycles. The summed E-state index contributed by atoms with van der Waals surface area (Å²) in [5.41, 5.74) is 5.10. The van der Waals surface area contributed by atoms with Gasteiger partial charge in [0, 0.05) is 13.1 Å². The average Bonchev–Trinajstić information content (AvgIpc) is 2.36. The number of nitrogens with zero attached hydrogens (tertiary/aromatic N) is 1. The Bertz CT molecular complexity index is 299. The highest BCUT2D eigenvalue weighted by Crippen LogP contribution is 2.23. The molecule has 0 aliphatic rings. The molecule has 0 spiro atoms. The van der Waals surface area contributed by atoms with Crippen molar-refractivity contribution >= 4 is 11.9 Å². The number of esters is 1. The largest absolute Gasteiger partial charge is 0.465 e. The Kier molecular flexibility index (Phi) is 7.68. The lowest BCUT2D eigenvalue weighted by Gasteiger charge is -2.33. The zero-order chi connectivity index (χ0) is 15.1. The van der Waals surface area contributed by atoms with Gasteiger partial charge in [0.25, 0.3) is 0 Å². The summed E-state index contributed by atoms with van der Waals surface area (Å²) in [5.74, 6) is -0.150. The Morgan fingerprint density at radius 3 is 2.26 bits per heavy atom. The summed E-state index contributed by atoms with van der Waals surface area (Å²) in [6.07, 6.45) is 0.653. The van der Waals surface area contributed by atoms with Gasteiger partial charge in [-0.2, -0.15) is 0 Å². The first-order valence-electron chi connectivity index (χ1n) is 6.95. The lowest BCUT2D eigenvalue weighted by atomic mass is 9.85. The van der Waals surface area contributed by atoms with Crippen LogP contribution in [-0.2, 0) is 14.3 Å². The summed E-state index contributed by atoms with van der Waals surface area (Å²) in [6.45, 7) is 10.7. The Labute approximate surface area is 116 Å². The molecular formula is C14H28N2O3. The van der Waals surface area contributed by atoms with Crippen molar-refractivity contribution in [2.24, 2.45) is 17.1 Å². The summed E-state index contributed by atoms with van der Waals surface area (Å²) < 4.78 is 4.92. The van der Waals surface area contributed by atoms with E-state index in [1.807, 2.05) is 27.7 Å². The first-order chi connectivity index (χ1) is 8.80. The van der Waals surface area contributed by atoms with Crippen LogP contribution in [0.2, 0.25) is 0 Å². The van der Waals surface area contributed by atoms with E-state index in [1.54, 1.807) is 11.8 Å². The summed E-state index contributed by atoms with van der Waals surface area (Å²) in [6, 6.07) is 0. The maximum atomic E-state index is 12.5. The standard InChI is InChI=1S/C14H28N2O3/c1-6-14(5,10-15)13(18)16(8-11(3)4)9-12(17)19-7-2/h11H,6-10,15H2,1-5H3. The highest BCUT2D eigenvalue weighted by molar-refractivity contribution is 5.86. The van der Waals surface area contributed by atoms with Crippen molar-refractivity contribution in [3.63, 3.8) is 0 Å². The highest BCUT2D eigenvalue weighted by atomic mass is 16.5. The molecule has 0 fully saturated rings. The number of carbonyl (C=O) groups excluding carboxylic acids is 2. The molecule has 112 valence electrons. The van der Waals surface area contributed by atoms with Gasteiger partial charge in [0.2, 0.25) is 5.91 Å². The molecule has 1 atom stereocenters. The van der Waals surface area contributed by atoms with Crippen LogP contribution in [0.25, 0.3) is 0 Å². The number of carbonyl (C=O) groups is 2. The summed E-state index contributed by atoms with van der Waals surface area (Å²) in [5, 5.41) is 0. The fraction of sp³-hybridized carbons (Fsp3) is 0.857. The first-order valence-corrected chi connectivity index (χ1v) is 6.95. The fourth-order valence-electron chi connectivity index (χ4n) is 1.79. The molecule has 0 saturated carbocycles. The topological polar surface area (TPSA) is 72.6 Å². The Balaban J connectivity index is 4.92. The molecule has 1 amide bonds. The van der Waals surface area contributed by atoms with E-state index >= 15 is 0 Å². The Morgan fingerprint density at radius 1 is 1.32 bits per heavy atom. The Hall–Kier alpha value is -1.10. The van der Waals surface area contributed by atoms with Gasteiger partial charge in [-0.3, -0.25) is 9.59 Å². The molecule has 0 heterocycles. The summed E-state index contributed by atoms with van der Waals surface area (Å²) >= 11 is 0. The van der Waals surface area contributed by atoms with E-state index in [2.05, 4.69) is 0 Å². The predicted molar refractivity (Wildman–Crippen MR) is 75.5 cm³/mol. The molecular weight excluding hydrogens is 244 g/mol. The minimum Gasteiger partial charge on any atom is -0.465 e. The smallest absolute Gasteiger partial charge is 0.325 e. The minimum atomic E-state index is -0.610. The second kappa shape index (κ2) is 8.15. The third-order valence-electron chi connectivity index (χ3n) is 3.25. The van der Waals surface area contributed by atoms with Crippen LogP contribution in [0.1, 0.15) is 41.0 Å². The third-order valence-corrected chi connectivity index (χ3v) is 3.25. The fourth-order valence-corrected chi connectivity index (χ4v) is 1.79. The van der Waals surface area contributed by atoms with Gasteiger partial charge in [-0.05, 0) is 26.2 Å². The van der Waals surface area contributed by atoms with Crippen LogP contribution >= 0.6 is 0 Å². The van der Waals surface area contributed by atoms with Crippen molar-refractivity contribution in [3.8, 4) is 0 Å². The molecule has 1 unspecified atom stereocenters. The van der Waals surface area contributed by atoms with Crippen LogP contribution in [0, 0.1) is 11.3 Å². The number of rotatable bonds is 8. The molecule has 2 N–H and O–H groups in total. The van der Waals surface area contributed by atoms with Gasteiger partial charge in [0.1, 0.15) is 6.54 Å². The summed E-state index contributed by atoms with van der Waals surface area (Å²) in [7, 11) is 0. The molecule has 0 bridgehead atoms. The van der Waals surface area contributed by atoms with Crippen LogP contribution in [-0.4, -0.2) is 43.0 Å². The van der Waals surface area contributed by atoms with Crippen molar-refractivity contribution in [1.29, 1.82) is 0 Å². The van der Waals surface area contributed by atoms with E-state index in [0.29, 0.717) is 19.6 Å². The van der Waals surface area contributed by atoms with Gasteiger partial charge in [-0.15, -0.1) is 0 Å². The Morgan fingerprint density at radius 2 is 1.89 bits per heavy atom. The molecule has 0 aromatic heterocycles. The predicted octanol–water partition coefficient (Wildman–Crippen LogP) is 1.41. The van der Waals surface area contributed by atoms with Crippen molar-refractivity contribution in [1.82, 2.24) is 4.90 Å². The molecule has 0 radical (unpaired) electrons. The maximum Gasteiger partial charge on any atom is 0.325 e. The third kappa shape index (κ3) is 5.59. The number of ether oxygens (including phenoxy) is 1. The lowest BCUT2D eigenvalue weighted by molar-refractivity contribution is -0.152. The zero-order valence-corrected chi connectivity index (χ0v) is 12.9. The zero-order valence-electron chi connectivity index (χ0n) is 12.9. The average molecular weight is 272 g/mol. The quantitative estimate of drug-likeness (QED) is 0.678. The molecule has 0 rings (SSSR count). The van der Waals surface area contributed by atoms with Crippen molar-refractivity contribution < 1.29 is 14.3 Å². The number of hydrogen-bond donors (Lipinski definition) is 1. The van der Waals surface area contributed by atoms with Crippen LogP contribution in [0.4, 0.5) is 0 Å². The van der Waals surface area contributed by atoms with Gasteiger partial charge in [-0.25, -0.2) is 0 Å². The molecule has 5 heteroatoms. The van der Waals surface area contributed by atoms with Crippen LogP contribution < -0.4 is 5.73 Å². The van der Waals surface area contributed by atoms with Crippen LogP contribution in [0.5, 0.6) is 0 Å². The molecule has 19 heavy (non-hydrogen) atoms. The maximum absolute atomic E-state index is 12.5. The van der Waals surface area contributed by atoms with Crippen molar-refractivity contribution in [2.75, 3.05) is 26.2 Å². The number of nitrogens with two attached hydrogens (primary N) is 1. The first kappa shape index (κ1) is 17.9. The van der Waals surface area contributed by atoms with E-state index in [1.165, 1.54) is 0 Å². The van der Waals surface area contributed by atoms with E-state index in [4.69, 9.17) is 10.5 Å². The lowest BCUT2D eigenvalue weighted by Crippen LogP contribution is -2.49. The monoisotopic (exact) mass is 272 g/mol. The van der Waals surface area contributed by atoms with Crippen molar-refractivity contribution in [2.45, 2.75) is 41.0 Å². The van der Waals surface area contributed by atoms with Gasteiger partial charge >= 0.3 is 5.97 Å². The number of hydrogen-bond acceptors (Lipinski definition) is 4. The highest BCUT2D eigenvalue weighted by Gasteiger charge is 2.34. The molecule has 0 aromatic carbocycles. The van der Waals surface area contributed by atoms with E-state index < -0.39 is 5.41 Å². The molecule has 0 saturated heterocycles. The SMILES string of the molecule is CCOC(=O)CN(CC(C)C)C(=O)C(C)(CC)CN. The van der Waals surface area contributed by atoms with E-state index in [9.17, 15) is 9.59 Å². The normalized spacial score (nSPS) is 14.1. The summed E-state index contributed by atoms with van der Waals surface area (Å²) in [4.78, 5) is 25.7. The van der Waals surface area contributed by atoms with Gasteiger partial charge in [-0.1, -0.05) is 20.8 Å². The van der Waals surface area contributed by atoms with E-state index in [0.717, 1.165) is 0 Å². The van der Waals surface area contributed by atoms with Crippen LogP contribution in [0.15, 0.2) is 0 Å². The van der Waals surface area contributed by atoms with Gasteiger partial charge in [0.05, 0.1) is 12.0 Å². The minimum absolute atomic E-state index is 0.000440. The van der Waals surface area contributed by atoms with Gasteiger partial charge in [0.15, 0.2) is 0 Å². The molecule has 0 aliphatic heterocycles. The van der Waals surface area contributed by atoms with Crippen molar-refractivity contribution in [3.05, 3.63) is 0 Å². The number of amides is 1. The molecule has 0 aromatic rings. The van der Waals surface area contributed by atoms with E-state index in [-0.39, 0.29) is 30.9 Å². The second-order valence-electron chi connectivity index (χ2n) is 5.50. The van der Waals surface area contributed by atoms with Gasteiger partial charge < -0.3 is 15.4 Å².